The monoisotopic (exact) mass is 739 g/mol. The van der Waals surface area contributed by atoms with Gasteiger partial charge in [-0.05, 0) is 147 Å². The first-order valence-corrected chi connectivity index (χ1v) is 21.0. The van der Waals surface area contributed by atoms with Gasteiger partial charge in [-0.1, -0.05) is 111 Å². The van der Waals surface area contributed by atoms with Gasteiger partial charge < -0.3 is 14.2 Å². The molecule has 2 saturated carbocycles. The van der Waals surface area contributed by atoms with Crippen molar-refractivity contribution < 1.29 is 8.53 Å². The van der Waals surface area contributed by atoms with E-state index in [0.29, 0.717) is 17.5 Å². The first-order chi connectivity index (χ1) is 27.7. The van der Waals surface area contributed by atoms with Gasteiger partial charge in [-0.3, -0.25) is 0 Å². The Morgan fingerprint density at radius 2 is 1.29 bits per heavy atom. The predicted octanol–water partition coefficient (Wildman–Crippen LogP) is 12.2. The van der Waals surface area contributed by atoms with Gasteiger partial charge in [0, 0.05) is 49.5 Å². The lowest BCUT2D eigenvalue weighted by molar-refractivity contribution is 0.413. The van der Waals surface area contributed by atoms with Gasteiger partial charge in [0.05, 0.1) is 0 Å². The average Bonchev–Trinajstić information content (AvgIpc) is 3.92. The van der Waals surface area contributed by atoms with Crippen molar-refractivity contribution in [3.8, 4) is 11.3 Å². The minimum absolute atomic E-state index is 0.0120. The Balaban J connectivity index is 1.25. The van der Waals surface area contributed by atoms with Gasteiger partial charge in [0.25, 0.3) is 6.71 Å². The highest BCUT2D eigenvalue weighted by Crippen LogP contribution is 2.52. The van der Waals surface area contributed by atoms with E-state index in [1.807, 2.05) is 12.1 Å². The summed E-state index contributed by atoms with van der Waals surface area (Å²) in [6.07, 6.45) is 4.95. The molecule has 0 amide bonds. The van der Waals surface area contributed by atoms with Gasteiger partial charge in [-0.2, -0.15) is 0 Å². The van der Waals surface area contributed by atoms with Crippen LogP contribution in [0.5, 0.6) is 0 Å². The van der Waals surface area contributed by atoms with E-state index in [2.05, 4.69) is 157 Å². The molecule has 284 valence electrons. The van der Waals surface area contributed by atoms with Crippen LogP contribution in [-0.2, 0) is 16.2 Å². The molecule has 10 rings (SSSR count). The molecule has 0 saturated heterocycles. The molecule has 0 radical (unpaired) electrons. The summed E-state index contributed by atoms with van der Waals surface area (Å²) < 4.78 is 33.3. The first-order valence-electron chi connectivity index (χ1n) is 22.5. The molecule has 0 spiro atoms. The van der Waals surface area contributed by atoms with Gasteiger partial charge in [0.1, 0.15) is 11.3 Å². The van der Waals surface area contributed by atoms with Crippen LogP contribution in [0.2, 0.25) is 0 Å². The Hall–Kier alpha value is -4.70. The second-order valence-corrected chi connectivity index (χ2v) is 20.5. The quantitative estimate of drug-likeness (QED) is 0.168. The van der Waals surface area contributed by atoms with Crippen molar-refractivity contribution in [3.63, 3.8) is 0 Å². The van der Waals surface area contributed by atoms with E-state index in [9.17, 15) is 0 Å². The van der Waals surface area contributed by atoms with Crippen LogP contribution in [0.3, 0.4) is 0 Å². The number of benzene rings is 5. The smallest absolute Gasteiger partial charge is 0.252 e. The van der Waals surface area contributed by atoms with Gasteiger partial charge >= 0.3 is 0 Å². The van der Waals surface area contributed by atoms with Crippen molar-refractivity contribution >= 4 is 62.5 Å². The highest BCUT2D eigenvalue weighted by Gasteiger charge is 2.49. The van der Waals surface area contributed by atoms with E-state index in [4.69, 9.17) is 8.53 Å². The lowest BCUT2D eigenvalue weighted by Crippen LogP contribution is -2.63. The Labute approximate surface area is 339 Å². The molecule has 3 atom stereocenters. The van der Waals surface area contributed by atoms with Gasteiger partial charge in [0.2, 0.25) is 0 Å². The van der Waals surface area contributed by atoms with Crippen LogP contribution in [0.1, 0.15) is 114 Å². The summed E-state index contributed by atoms with van der Waals surface area (Å²) in [6, 6.07) is 36.0. The maximum atomic E-state index is 8.90. The van der Waals surface area contributed by atoms with Crippen LogP contribution in [0, 0.1) is 18.7 Å². The van der Waals surface area contributed by atoms with Crippen LogP contribution >= 0.6 is 0 Å². The summed E-state index contributed by atoms with van der Waals surface area (Å²) in [6.45, 7) is 18.0. The molecule has 2 aliphatic carbocycles. The second kappa shape index (κ2) is 12.2. The molecule has 2 bridgehead atoms. The molecule has 6 aromatic rings. The summed E-state index contributed by atoms with van der Waals surface area (Å²) in [7, 11) is 0. The molecule has 5 aromatic carbocycles. The molecular weight excluding hydrogens is 679 g/mol. The summed E-state index contributed by atoms with van der Waals surface area (Å²) in [5.41, 5.74) is 15.1. The Bertz CT molecular complexity index is 2650. The molecule has 4 aliphatic rings. The second-order valence-electron chi connectivity index (χ2n) is 20.5. The average molecular weight is 740 g/mol. The summed E-state index contributed by atoms with van der Waals surface area (Å²) >= 11 is 0. The van der Waals surface area contributed by atoms with Crippen molar-refractivity contribution in [1.29, 1.82) is 0 Å². The lowest BCUT2D eigenvalue weighted by Gasteiger charge is -2.48. The number of hydrogen-bond acceptors (Lipinski definition) is 3. The zero-order valence-electron chi connectivity index (χ0n) is 37.7. The van der Waals surface area contributed by atoms with Crippen molar-refractivity contribution in [1.82, 2.24) is 0 Å². The number of aryl methyl sites for hydroxylation is 1. The molecule has 3 heterocycles. The molecule has 1 aromatic heterocycles. The van der Waals surface area contributed by atoms with Crippen molar-refractivity contribution in [2.24, 2.45) is 11.8 Å². The number of fused-ring (bicyclic) bond motifs is 7. The SMILES string of the molecule is [2H]C([2H])([2H])c1cc2c3c(c1)N(C1CC4CCC1C4)c1cc(C(C)(C)C)ccc1B3c1ccc(-c3cc4cc(C(C)(C)C)ccc4o3)cc1N2c1ccc(C(C)(C)C)cc1. The predicted molar refractivity (Wildman–Crippen MR) is 240 cm³/mol. The number of anilines is 5. The fourth-order valence-electron chi connectivity index (χ4n) is 10.6. The third-order valence-electron chi connectivity index (χ3n) is 13.7. The van der Waals surface area contributed by atoms with Crippen LogP contribution in [0.15, 0.2) is 101 Å². The summed E-state index contributed by atoms with van der Waals surface area (Å²) in [5, 5.41) is 1.09. The Kier molecular flexibility index (Phi) is 7.03. The number of furan rings is 1. The molecule has 0 N–H and O–H groups in total. The first kappa shape index (κ1) is 32.4. The van der Waals surface area contributed by atoms with Crippen molar-refractivity contribution in [2.75, 3.05) is 9.80 Å². The van der Waals surface area contributed by atoms with Crippen LogP contribution < -0.4 is 26.2 Å². The van der Waals surface area contributed by atoms with Gasteiger partial charge in [0.15, 0.2) is 0 Å². The molecule has 4 heteroatoms. The Morgan fingerprint density at radius 1 is 0.625 bits per heavy atom. The van der Waals surface area contributed by atoms with Gasteiger partial charge in [-0.25, -0.2) is 0 Å². The molecule has 56 heavy (non-hydrogen) atoms. The van der Waals surface area contributed by atoms with Crippen LogP contribution in [0.4, 0.5) is 28.4 Å². The highest BCUT2D eigenvalue weighted by atomic mass is 16.3. The topological polar surface area (TPSA) is 19.6 Å². The molecule has 3 nitrogen and oxygen atoms in total. The van der Waals surface area contributed by atoms with E-state index in [-0.39, 0.29) is 23.0 Å². The largest absolute Gasteiger partial charge is 0.456 e. The van der Waals surface area contributed by atoms with E-state index in [1.54, 1.807) is 0 Å². The lowest BCUT2D eigenvalue weighted by atomic mass is 9.33. The van der Waals surface area contributed by atoms with E-state index in [1.165, 1.54) is 58.0 Å². The van der Waals surface area contributed by atoms with Crippen molar-refractivity contribution in [3.05, 3.63) is 119 Å². The maximum absolute atomic E-state index is 8.90. The van der Waals surface area contributed by atoms with Crippen LogP contribution in [0.25, 0.3) is 22.3 Å². The van der Waals surface area contributed by atoms with E-state index < -0.39 is 6.85 Å². The number of rotatable bonds is 3. The standard InChI is InChI=1S/C52H57BN2O/c1-31-23-45-49-46(24-31)55(42-26-32-11-12-33(42)25-32)44-30-38(52(8,9)10)16-21-41(44)53(49)40-20-13-34(48-29-35-27-37(51(5,6)7)17-22-47(35)56-48)28-43(40)54(45)39-18-14-36(15-19-39)50(2,3)4/h13-24,27-30,32-33,42H,11-12,25-26H2,1-10H3/i1D3. The zero-order chi connectivity index (χ0) is 41.6. The van der Waals surface area contributed by atoms with Crippen molar-refractivity contribution in [2.45, 2.75) is 117 Å². The highest BCUT2D eigenvalue weighted by molar-refractivity contribution is 7.00. The number of nitrogens with zero attached hydrogens (tertiary/aromatic N) is 2. The molecule has 2 fully saturated rings. The van der Waals surface area contributed by atoms with Gasteiger partial charge in [-0.15, -0.1) is 0 Å². The number of hydrogen-bond donors (Lipinski definition) is 0. The Morgan fingerprint density at radius 3 is 1.96 bits per heavy atom. The summed E-state index contributed by atoms with van der Waals surface area (Å²) in [5.74, 6) is 2.15. The fourth-order valence-corrected chi connectivity index (χ4v) is 10.6. The normalized spacial score (nSPS) is 21.1. The summed E-state index contributed by atoms with van der Waals surface area (Å²) in [4.78, 5) is 4.98. The fraction of sp³-hybridized carbons (Fsp3) is 0.385. The van der Waals surface area contributed by atoms with E-state index in [0.717, 1.165) is 57.4 Å². The third-order valence-corrected chi connectivity index (χ3v) is 13.7. The maximum Gasteiger partial charge on any atom is 0.252 e. The third kappa shape index (κ3) is 5.60. The minimum Gasteiger partial charge on any atom is -0.456 e. The zero-order valence-corrected chi connectivity index (χ0v) is 34.7. The molecule has 2 aliphatic heterocycles. The minimum atomic E-state index is -2.29. The van der Waals surface area contributed by atoms with E-state index >= 15 is 0 Å². The molecular formula is C52H57BN2O. The van der Waals surface area contributed by atoms with Crippen LogP contribution in [-0.4, -0.2) is 12.8 Å². The molecule has 3 unspecified atom stereocenters.